The van der Waals surface area contributed by atoms with Gasteiger partial charge in [0.2, 0.25) is 0 Å². The maximum atomic E-state index is 5.90. The van der Waals surface area contributed by atoms with Crippen LogP contribution in [0.4, 0.5) is 0 Å². The Morgan fingerprint density at radius 1 is 1.27 bits per heavy atom. The van der Waals surface area contributed by atoms with Crippen LogP contribution >= 0.6 is 0 Å². The number of methoxy groups -OCH3 is 1. The van der Waals surface area contributed by atoms with Crippen molar-refractivity contribution in [2.75, 3.05) is 20.2 Å². The summed E-state index contributed by atoms with van der Waals surface area (Å²) in [5.74, 6) is 0. The first-order valence-electron chi connectivity index (χ1n) is 6.12. The number of nitrogens with one attached hydrogen (secondary N) is 1. The summed E-state index contributed by atoms with van der Waals surface area (Å²) in [5, 5.41) is 3.59. The van der Waals surface area contributed by atoms with Crippen LogP contribution in [0.15, 0.2) is 0 Å². The quantitative estimate of drug-likeness (QED) is 0.619. The van der Waals surface area contributed by atoms with Crippen LogP contribution in [0.1, 0.15) is 46.5 Å². The maximum absolute atomic E-state index is 5.90. The van der Waals surface area contributed by atoms with E-state index in [2.05, 4.69) is 26.1 Å². The monoisotopic (exact) mass is 216 g/mol. The topological polar surface area (TPSA) is 47.3 Å². The van der Waals surface area contributed by atoms with Gasteiger partial charge < -0.3 is 15.8 Å². The second kappa shape index (κ2) is 8.08. The SMILES string of the molecule is CCCC(CN)(CCC)NCC(C)OC. The van der Waals surface area contributed by atoms with Gasteiger partial charge in [-0.15, -0.1) is 0 Å². The van der Waals surface area contributed by atoms with Crippen molar-refractivity contribution in [1.82, 2.24) is 5.32 Å². The molecule has 3 nitrogen and oxygen atoms in total. The third-order valence-corrected chi connectivity index (χ3v) is 3.01. The van der Waals surface area contributed by atoms with Crippen molar-refractivity contribution in [3.05, 3.63) is 0 Å². The normalized spacial score (nSPS) is 14.2. The van der Waals surface area contributed by atoms with Crippen molar-refractivity contribution >= 4 is 0 Å². The minimum atomic E-state index is 0.121. The lowest BCUT2D eigenvalue weighted by atomic mass is 9.88. The Balaban J connectivity index is 4.19. The minimum Gasteiger partial charge on any atom is -0.380 e. The van der Waals surface area contributed by atoms with Crippen LogP contribution in [0.5, 0.6) is 0 Å². The molecule has 3 heteroatoms. The summed E-state index contributed by atoms with van der Waals surface area (Å²) in [5.41, 5.74) is 6.03. The number of ether oxygens (including phenoxy) is 1. The van der Waals surface area contributed by atoms with E-state index in [9.17, 15) is 0 Å². The van der Waals surface area contributed by atoms with Crippen molar-refractivity contribution < 1.29 is 4.74 Å². The molecule has 0 spiro atoms. The zero-order valence-electron chi connectivity index (χ0n) is 10.8. The lowest BCUT2D eigenvalue weighted by molar-refractivity contribution is 0.104. The highest BCUT2D eigenvalue weighted by Gasteiger charge is 2.26. The van der Waals surface area contributed by atoms with Crippen molar-refractivity contribution in [3.8, 4) is 0 Å². The summed E-state index contributed by atoms with van der Waals surface area (Å²) < 4.78 is 5.24. The second-order valence-electron chi connectivity index (χ2n) is 4.41. The van der Waals surface area contributed by atoms with Gasteiger partial charge in [-0.1, -0.05) is 26.7 Å². The number of rotatable bonds is 9. The molecule has 15 heavy (non-hydrogen) atoms. The molecule has 0 rings (SSSR count). The Labute approximate surface area is 94.8 Å². The van der Waals surface area contributed by atoms with Crippen molar-refractivity contribution in [3.63, 3.8) is 0 Å². The molecular formula is C12H28N2O. The van der Waals surface area contributed by atoms with Gasteiger partial charge in [-0.3, -0.25) is 0 Å². The average molecular weight is 216 g/mol. The van der Waals surface area contributed by atoms with E-state index in [0.717, 1.165) is 19.4 Å². The molecule has 0 saturated carbocycles. The van der Waals surface area contributed by atoms with Gasteiger partial charge in [-0.25, -0.2) is 0 Å². The van der Waals surface area contributed by atoms with Crippen LogP contribution < -0.4 is 11.1 Å². The summed E-state index contributed by atoms with van der Waals surface area (Å²) in [6, 6.07) is 0. The third-order valence-electron chi connectivity index (χ3n) is 3.01. The largest absolute Gasteiger partial charge is 0.380 e. The Morgan fingerprint density at radius 3 is 2.13 bits per heavy atom. The van der Waals surface area contributed by atoms with Gasteiger partial charge in [-0.2, -0.15) is 0 Å². The zero-order valence-corrected chi connectivity index (χ0v) is 10.8. The summed E-state index contributed by atoms with van der Waals surface area (Å²) in [7, 11) is 1.75. The van der Waals surface area contributed by atoms with Gasteiger partial charge in [0.25, 0.3) is 0 Å². The van der Waals surface area contributed by atoms with E-state index in [1.165, 1.54) is 12.8 Å². The van der Waals surface area contributed by atoms with Crippen molar-refractivity contribution in [2.45, 2.75) is 58.1 Å². The molecule has 0 aromatic heterocycles. The smallest absolute Gasteiger partial charge is 0.0667 e. The molecule has 0 fully saturated rings. The molecule has 0 saturated heterocycles. The number of hydrogen-bond acceptors (Lipinski definition) is 3. The van der Waals surface area contributed by atoms with Gasteiger partial charge in [-0.05, 0) is 19.8 Å². The van der Waals surface area contributed by atoms with Crippen LogP contribution in [0.2, 0.25) is 0 Å². The van der Waals surface area contributed by atoms with E-state index in [0.29, 0.717) is 6.54 Å². The van der Waals surface area contributed by atoms with Gasteiger partial charge in [0.1, 0.15) is 0 Å². The Kier molecular flexibility index (Phi) is 8.02. The molecule has 0 aliphatic heterocycles. The van der Waals surface area contributed by atoms with Gasteiger partial charge >= 0.3 is 0 Å². The molecular weight excluding hydrogens is 188 g/mol. The molecule has 0 radical (unpaired) electrons. The molecule has 0 aromatic rings. The number of hydrogen-bond donors (Lipinski definition) is 2. The third kappa shape index (κ3) is 5.50. The molecule has 0 heterocycles. The highest BCUT2D eigenvalue weighted by molar-refractivity contribution is 4.88. The molecule has 0 amide bonds. The lowest BCUT2D eigenvalue weighted by Crippen LogP contribution is -2.53. The van der Waals surface area contributed by atoms with Crippen LogP contribution in [0.3, 0.4) is 0 Å². The second-order valence-corrected chi connectivity index (χ2v) is 4.41. The van der Waals surface area contributed by atoms with Gasteiger partial charge in [0.05, 0.1) is 6.10 Å². The van der Waals surface area contributed by atoms with Gasteiger partial charge in [0.15, 0.2) is 0 Å². The van der Waals surface area contributed by atoms with Gasteiger partial charge in [0, 0.05) is 25.7 Å². The van der Waals surface area contributed by atoms with E-state index < -0.39 is 0 Å². The maximum Gasteiger partial charge on any atom is 0.0667 e. The van der Waals surface area contributed by atoms with E-state index in [1.54, 1.807) is 7.11 Å². The predicted octanol–water partition coefficient (Wildman–Crippen LogP) is 1.91. The Hall–Kier alpha value is -0.120. The average Bonchev–Trinajstić information content (AvgIpc) is 2.26. The van der Waals surface area contributed by atoms with Crippen molar-refractivity contribution in [2.24, 2.45) is 5.73 Å². The Morgan fingerprint density at radius 2 is 1.80 bits per heavy atom. The summed E-state index contributed by atoms with van der Waals surface area (Å²) in [6.45, 7) is 8.09. The summed E-state index contributed by atoms with van der Waals surface area (Å²) in [6.07, 6.45) is 4.89. The highest BCUT2D eigenvalue weighted by Crippen LogP contribution is 2.18. The van der Waals surface area contributed by atoms with Crippen LogP contribution in [0.25, 0.3) is 0 Å². The molecule has 3 N–H and O–H groups in total. The van der Waals surface area contributed by atoms with Crippen LogP contribution in [-0.4, -0.2) is 31.8 Å². The van der Waals surface area contributed by atoms with Crippen molar-refractivity contribution in [1.29, 1.82) is 0 Å². The Bertz CT molecular complexity index is 145. The highest BCUT2D eigenvalue weighted by atomic mass is 16.5. The minimum absolute atomic E-state index is 0.121. The standard InChI is InChI=1S/C12H28N2O/c1-5-7-12(10-13,8-6-2)14-9-11(3)15-4/h11,14H,5-10,13H2,1-4H3. The van der Waals surface area contributed by atoms with E-state index in [4.69, 9.17) is 10.5 Å². The molecule has 92 valence electrons. The predicted molar refractivity (Wildman–Crippen MR) is 66.1 cm³/mol. The molecule has 0 aliphatic rings. The summed E-state index contributed by atoms with van der Waals surface area (Å²) in [4.78, 5) is 0. The van der Waals surface area contributed by atoms with E-state index in [-0.39, 0.29) is 11.6 Å². The zero-order chi connectivity index (χ0) is 11.7. The first-order chi connectivity index (χ1) is 7.14. The molecule has 0 aliphatic carbocycles. The number of nitrogens with two attached hydrogens (primary N) is 1. The molecule has 1 atom stereocenters. The van der Waals surface area contributed by atoms with E-state index in [1.807, 2.05) is 0 Å². The van der Waals surface area contributed by atoms with Crippen LogP contribution in [-0.2, 0) is 4.74 Å². The fraction of sp³-hybridized carbons (Fsp3) is 1.00. The molecule has 1 unspecified atom stereocenters. The molecule has 0 bridgehead atoms. The fourth-order valence-corrected chi connectivity index (χ4v) is 1.98. The summed E-state index contributed by atoms with van der Waals surface area (Å²) >= 11 is 0. The first-order valence-corrected chi connectivity index (χ1v) is 6.12. The molecule has 0 aromatic carbocycles. The van der Waals surface area contributed by atoms with Crippen LogP contribution in [0, 0.1) is 0 Å². The first kappa shape index (κ1) is 14.9. The van der Waals surface area contributed by atoms with E-state index >= 15 is 0 Å². The fourth-order valence-electron chi connectivity index (χ4n) is 1.98. The lowest BCUT2D eigenvalue weighted by Gasteiger charge is -2.34.